The van der Waals surface area contributed by atoms with Crippen LogP contribution in [0.15, 0.2) is 30.5 Å². The number of nitrogens with one attached hydrogen (secondary N) is 2. The van der Waals surface area contributed by atoms with E-state index in [1.165, 1.54) is 10.9 Å². The molecule has 0 saturated heterocycles. The van der Waals surface area contributed by atoms with E-state index < -0.39 is 6.04 Å². The molecule has 0 spiro atoms. The predicted octanol–water partition coefficient (Wildman–Crippen LogP) is 1.17. The van der Waals surface area contributed by atoms with Crippen molar-refractivity contribution < 1.29 is 4.79 Å². The molecule has 4 nitrogen and oxygen atoms in total. The Kier molecular flexibility index (Phi) is 3.44. The molecular weight excluding hydrogens is 214 g/mol. The van der Waals surface area contributed by atoms with E-state index in [2.05, 4.69) is 16.4 Å². The molecule has 1 heterocycles. The minimum absolute atomic E-state index is 0.107. The van der Waals surface area contributed by atoms with Crippen molar-refractivity contribution in [1.82, 2.24) is 10.3 Å². The number of carbonyl (C=O) groups is 1. The van der Waals surface area contributed by atoms with Crippen LogP contribution in [0.3, 0.4) is 0 Å². The number of aromatic nitrogens is 1. The highest BCUT2D eigenvalue weighted by Crippen LogP contribution is 2.17. The zero-order chi connectivity index (χ0) is 12.3. The third kappa shape index (κ3) is 2.65. The number of para-hydroxylation sites is 1. The Balaban J connectivity index is 1.98. The van der Waals surface area contributed by atoms with Gasteiger partial charge < -0.3 is 16.0 Å². The lowest BCUT2D eigenvalue weighted by Gasteiger charge is -2.06. The molecule has 0 saturated carbocycles. The Bertz CT molecular complexity index is 516. The summed E-state index contributed by atoms with van der Waals surface area (Å²) >= 11 is 0. The maximum atomic E-state index is 11.3. The molecule has 4 heteroatoms. The van der Waals surface area contributed by atoms with Gasteiger partial charge in [0.15, 0.2) is 0 Å². The van der Waals surface area contributed by atoms with E-state index in [0.717, 1.165) is 11.9 Å². The quantitative estimate of drug-likeness (QED) is 0.739. The lowest BCUT2D eigenvalue weighted by atomic mass is 10.1. The van der Waals surface area contributed by atoms with Gasteiger partial charge in [0.25, 0.3) is 0 Å². The molecule has 2 aromatic rings. The summed E-state index contributed by atoms with van der Waals surface area (Å²) in [6, 6.07) is 7.69. The summed E-state index contributed by atoms with van der Waals surface area (Å²) in [5.41, 5.74) is 7.81. The van der Waals surface area contributed by atoms with Gasteiger partial charge in [-0.3, -0.25) is 4.79 Å². The zero-order valence-corrected chi connectivity index (χ0v) is 9.86. The molecule has 0 aliphatic carbocycles. The predicted molar refractivity (Wildman–Crippen MR) is 68.7 cm³/mol. The number of benzene rings is 1. The van der Waals surface area contributed by atoms with Gasteiger partial charge in [0.05, 0.1) is 6.04 Å². The second kappa shape index (κ2) is 5.01. The second-order valence-corrected chi connectivity index (χ2v) is 4.19. The van der Waals surface area contributed by atoms with Gasteiger partial charge >= 0.3 is 0 Å². The molecule has 1 amide bonds. The van der Waals surface area contributed by atoms with Crippen LogP contribution < -0.4 is 11.1 Å². The van der Waals surface area contributed by atoms with Crippen molar-refractivity contribution in [1.29, 1.82) is 0 Å². The van der Waals surface area contributed by atoms with Crippen LogP contribution in [0, 0.1) is 0 Å². The minimum Gasteiger partial charge on any atom is -0.361 e. The van der Waals surface area contributed by atoms with Crippen molar-refractivity contribution in [3.63, 3.8) is 0 Å². The summed E-state index contributed by atoms with van der Waals surface area (Å²) in [5, 5.41) is 4.02. The lowest BCUT2D eigenvalue weighted by molar-refractivity contribution is -0.121. The third-order valence-corrected chi connectivity index (χ3v) is 2.78. The molecule has 0 aliphatic heterocycles. The number of H-pyrrole nitrogens is 1. The summed E-state index contributed by atoms with van der Waals surface area (Å²) < 4.78 is 0. The van der Waals surface area contributed by atoms with Gasteiger partial charge in [0.1, 0.15) is 0 Å². The van der Waals surface area contributed by atoms with Gasteiger partial charge in [-0.25, -0.2) is 0 Å². The highest BCUT2D eigenvalue weighted by Gasteiger charge is 2.07. The summed E-state index contributed by atoms with van der Waals surface area (Å²) in [7, 11) is 0. The largest absolute Gasteiger partial charge is 0.361 e. The van der Waals surface area contributed by atoms with Crippen LogP contribution in [0.2, 0.25) is 0 Å². The van der Waals surface area contributed by atoms with E-state index in [-0.39, 0.29) is 5.91 Å². The number of aromatic amines is 1. The number of rotatable bonds is 4. The fraction of sp³-hybridized carbons (Fsp3) is 0.308. The fourth-order valence-electron chi connectivity index (χ4n) is 1.82. The van der Waals surface area contributed by atoms with Crippen molar-refractivity contribution in [2.45, 2.75) is 19.4 Å². The van der Waals surface area contributed by atoms with Gasteiger partial charge in [-0.2, -0.15) is 0 Å². The summed E-state index contributed by atoms with van der Waals surface area (Å²) in [5.74, 6) is -0.107. The second-order valence-electron chi connectivity index (χ2n) is 4.19. The molecule has 0 fully saturated rings. The van der Waals surface area contributed by atoms with Crippen molar-refractivity contribution in [2.24, 2.45) is 5.73 Å². The van der Waals surface area contributed by atoms with Gasteiger partial charge in [0, 0.05) is 23.6 Å². The minimum atomic E-state index is -0.446. The number of amides is 1. The van der Waals surface area contributed by atoms with E-state index in [0.29, 0.717) is 6.54 Å². The molecule has 0 unspecified atom stereocenters. The molecule has 90 valence electrons. The maximum Gasteiger partial charge on any atom is 0.236 e. The van der Waals surface area contributed by atoms with Gasteiger partial charge in [-0.1, -0.05) is 18.2 Å². The molecule has 1 aromatic carbocycles. The smallest absolute Gasteiger partial charge is 0.236 e. The van der Waals surface area contributed by atoms with E-state index in [1.54, 1.807) is 6.92 Å². The fourth-order valence-corrected chi connectivity index (χ4v) is 1.82. The van der Waals surface area contributed by atoms with Crippen molar-refractivity contribution in [2.75, 3.05) is 6.54 Å². The summed E-state index contributed by atoms with van der Waals surface area (Å²) in [6.45, 7) is 2.29. The first-order valence-electron chi connectivity index (χ1n) is 5.77. The van der Waals surface area contributed by atoms with Crippen LogP contribution in [-0.2, 0) is 11.2 Å². The molecule has 0 aliphatic rings. The number of hydrogen-bond acceptors (Lipinski definition) is 2. The van der Waals surface area contributed by atoms with Crippen LogP contribution >= 0.6 is 0 Å². The van der Waals surface area contributed by atoms with Gasteiger partial charge in [-0.05, 0) is 25.0 Å². The average Bonchev–Trinajstić information content (AvgIpc) is 2.72. The average molecular weight is 231 g/mol. The van der Waals surface area contributed by atoms with Crippen LogP contribution in [0.1, 0.15) is 12.5 Å². The topological polar surface area (TPSA) is 70.9 Å². The number of fused-ring (bicyclic) bond motifs is 1. The molecule has 1 atom stereocenters. The molecule has 0 bridgehead atoms. The van der Waals surface area contributed by atoms with E-state index in [1.807, 2.05) is 24.4 Å². The molecular formula is C13H17N3O. The SMILES string of the molecule is C[C@H](N)C(=O)NCCc1c[nH]c2ccccc12. The van der Waals surface area contributed by atoms with Gasteiger partial charge in [0.2, 0.25) is 5.91 Å². The molecule has 17 heavy (non-hydrogen) atoms. The van der Waals surface area contributed by atoms with E-state index in [9.17, 15) is 4.79 Å². The van der Waals surface area contributed by atoms with Crippen LogP contribution in [0.4, 0.5) is 0 Å². The summed E-state index contributed by atoms with van der Waals surface area (Å²) in [4.78, 5) is 14.5. The normalized spacial score (nSPS) is 12.6. The highest BCUT2D eigenvalue weighted by molar-refractivity contribution is 5.83. The zero-order valence-electron chi connectivity index (χ0n) is 9.86. The number of nitrogens with two attached hydrogens (primary N) is 1. The van der Waals surface area contributed by atoms with Gasteiger partial charge in [-0.15, -0.1) is 0 Å². The van der Waals surface area contributed by atoms with Crippen molar-refractivity contribution in [3.8, 4) is 0 Å². The Hall–Kier alpha value is -1.81. The highest BCUT2D eigenvalue weighted by atomic mass is 16.2. The standard InChI is InChI=1S/C13H17N3O/c1-9(14)13(17)15-7-6-10-8-16-12-5-3-2-4-11(10)12/h2-5,8-9,16H,6-7,14H2,1H3,(H,15,17)/t9-/m0/s1. The third-order valence-electron chi connectivity index (χ3n) is 2.78. The molecule has 0 radical (unpaired) electrons. The number of carbonyl (C=O) groups excluding carboxylic acids is 1. The van der Waals surface area contributed by atoms with Crippen LogP contribution in [0.5, 0.6) is 0 Å². The molecule has 2 rings (SSSR count). The number of hydrogen-bond donors (Lipinski definition) is 3. The Morgan fingerprint density at radius 2 is 2.24 bits per heavy atom. The maximum absolute atomic E-state index is 11.3. The Morgan fingerprint density at radius 1 is 1.47 bits per heavy atom. The van der Waals surface area contributed by atoms with Crippen molar-refractivity contribution in [3.05, 3.63) is 36.0 Å². The first kappa shape index (κ1) is 11.7. The van der Waals surface area contributed by atoms with Crippen LogP contribution in [0.25, 0.3) is 10.9 Å². The van der Waals surface area contributed by atoms with Crippen molar-refractivity contribution >= 4 is 16.8 Å². The molecule has 4 N–H and O–H groups in total. The molecule has 1 aromatic heterocycles. The van der Waals surface area contributed by atoms with E-state index >= 15 is 0 Å². The Morgan fingerprint density at radius 3 is 3.00 bits per heavy atom. The first-order chi connectivity index (χ1) is 8.18. The van der Waals surface area contributed by atoms with Crippen LogP contribution in [-0.4, -0.2) is 23.5 Å². The summed E-state index contributed by atoms with van der Waals surface area (Å²) in [6.07, 6.45) is 2.80. The van der Waals surface area contributed by atoms with E-state index in [4.69, 9.17) is 5.73 Å². The Labute approximate surface area is 100 Å². The first-order valence-corrected chi connectivity index (χ1v) is 5.77. The lowest BCUT2D eigenvalue weighted by Crippen LogP contribution is -2.39. The monoisotopic (exact) mass is 231 g/mol.